The Morgan fingerprint density at radius 3 is 1.98 bits per heavy atom. The molecule has 66 heavy (non-hydrogen) atoms. The Kier molecular flexibility index (Phi) is 24.2. The lowest BCUT2D eigenvalue weighted by atomic mass is 9.82. The van der Waals surface area contributed by atoms with Crippen LogP contribution >= 0.6 is 0 Å². The first-order chi connectivity index (χ1) is 31.0. The van der Waals surface area contributed by atoms with Gasteiger partial charge in [-0.1, -0.05) is 74.6 Å². The van der Waals surface area contributed by atoms with E-state index in [-0.39, 0.29) is 32.1 Å². The van der Waals surface area contributed by atoms with Gasteiger partial charge in [-0.05, 0) is 58.8 Å². The molecule has 1 unspecified atom stereocenters. The molecule has 0 aromatic rings. The van der Waals surface area contributed by atoms with Gasteiger partial charge in [-0.15, -0.1) is 0 Å². The molecule has 0 aliphatic carbocycles. The van der Waals surface area contributed by atoms with Crippen molar-refractivity contribution < 1.29 is 89.8 Å². The molecule has 0 radical (unpaired) electrons. The molecule has 0 saturated carbocycles. The number of nitrogens with two attached hydrogens (primary N) is 1. The van der Waals surface area contributed by atoms with Gasteiger partial charge in [0.05, 0.1) is 85.7 Å². The topological polar surface area (TPSA) is 340 Å². The highest BCUT2D eigenvalue weighted by Crippen LogP contribution is 2.38. The van der Waals surface area contributed by atoms with E-state index in [2.05, 4.69) is 0 Å². The number of hydrogen-bond acceptors (Lipinski definition) is 18. The maximum absolute atomic E-state index is 12.6. The molecule has 0 aromatic heterocycles. The zero-order valence-corrected chi connectivity index (χ0v) is 38.4. The molecule has 0 amide bonds. The lowest BCUT2D eigenvalue weighted by Gasteiger charge is -2.45. The van der Waals surface area contributed by atoms with Gasteiger partial charge >= 0.3 is 11.9 Å². The van der Waals surface area contributed by atoms with Crippen molar-refractivity contribution in [2.75, 3.05) is 0 Å². The quantitative estimate of drug-likeness (QED) is 0.132. The molecule has 3 aliphatic rings. The predicted molar refractivity (Wildman–Crippen MR) is 239 cm³/mol. The minimum Gasteiger partial charge on any atom is -0.481 e. The van der Waals surface area contributed by atoms with Crippen molar-refractivity contribution in [3.05, 3.63) is 60.8 Å². The number of allylic oxidation sites excluding steroid dienone is 8. The van der Waals surface area contributed by atoms with Gasteiger partial charge in [-0.3, -0.25) is 9.59 Å². The minimum absolute atomic E-state index is 0.152. The molecule has 14 N–H and O–H groups in total. The summed E-state index contributed by atoms with van der Waals surface area (Å²) in [5, 5.41) is 129. The van der Waals surface area contributed by atoms with Crippen LogP contribution < -0.4 is 5.73 Å². The number of rotatable bonds is 3. The zero-order valence-electron chi connectivity index (χ0n) is 38.4. The monoisotopic (exact) mass is 944 g/mol. The second kappa shape index (κ2) is 27.9. The first-order valence-electron chi connectivity index (χ1n) is 23.0. The molecule has 19 heteroatoms. The summed E-state index contributed by atoms with van der Waals surface area (Å²) >= 11 is 0. The third-order valence-corrected chi connectivity index (χ3v) is 12.7. The summed E-state index contributed by atoms with van der Waals surface area (Å²) in [5.41, 5.74) is 6.02. The lowest BCUT2D eigenvalue weighted by molar-refractivity contribution is -0.310. The molecule has 378 valence electrons. The van der Waals surface area contributed by atoms with Gasteiger partial charge < -0.3 is 86.0 Å². The summed E-state index contributed by atoms with van der Waals surface area (Å²) < 4.78 is 23.1. The molecule has 0 aromatic carbocycles. The number of aliphatic carboxylic acids is 1. The smallest absolute Gasteiger partial charge is 0.311 e. The first-order valence-corrected chi connectivity index (χ1v) is 23.0. The SMILES string of the molecule is C[C@H]1[C@@H](O)[C@H](C)C(O)C/C=C/CC/C=C/C=C/C=C/C=C/[C@H](O[C@@H]2O[C@H](C)[C@@H](O)[C@H](N)[C@@H]2O)C[C@@H]2O[C@](O)(C[C@@H](O)[C@@H](O)CC[C@H](O)C[C@@H](O)C[C@H](O)CC(=O)O[C@@H]1C)C[C@H](O)[C@H]2C(=O)O. The summed E-state index contributed by atoms with van der Waals surface area (Å²) in [7, 11) is 0. The van der Waals surface area contributed by atoms with Crippen molar-refractivity contribution in [2.24, 2.45) is 23.5 Å². The molecule has 3 rings (SSSR count). The fourth-order valence-corrected chi connectivity index (χ4v) is 8.38. The van der Waals surface area contributed by atoms with Crippen LogP contribution in [0.5, 0.6) is 0 Å². The predicted octanol–water partition coefficient (Wildman–Crippen LogP) is 0.131. The van der Waals surface area contributed by atoms with Gasteiger partial charge in [0.1, 0.15) is 18.1 Å². The van der Waals surface area contributed by atoms with E-state index in [0.29, 0.717) is 19.3 Å². The van der Waals surface area contributed by atoms with Crippen molar-refractivity contribution in [3.63, 3.8) is 0 Å². The number of hydrogen-bond donors (Lipinski definition) is 13. The Morgan fingerprint density at radius 1 is 0.682 bits per heavy atom. The fourth-order valence-electron chi connectivity index (χ4n) is 8.38. The highest BCUT2D eigenvalue weighted by atomic mass is 16.7. The summed E-state index contributed by atoms with van der Waals surface area (Å²) in [6.07, 6.45) is -2.96. The number of aliphatic hydroxyl groups excluding tert-OH is 10. The van der Waals surface area contributed by atoms with Crippen LogP contribution in [0.4, 0.5) is 0 Å². The third-order valence-electron chi connectivity index (χ3n) is 12.7. The van der Waals surface area contributed by atoms with Gasteiger partial charge in [0.15, 0.2) is 12.1 Å². The van der Waals surface area contributed by atoms with Crippen LogP contribution in [0.25, 0.3) is 0 Å². The Labute approximate surface area is 387 Å². The molecule has 2 fully saturated rings. The van der Waals surface area contributed by atoms with Gasteiger partial charge in [-0.2, -0.15) is 0 Å². The largest absolute Gasteiger partial charge is 0.481 e. The van der Waals surface area contributed by atoms with Crippen molar-refractivity contribution in [2.45, 2.75) is 202 Å². The number of carbonyl (C=O) groups excluding carboxylic acids is 1. The minimum atomic E-state index is -2.36. The molecule has 19 nitrogen and oxygen atoms in total. The molecule has 3 aliphatic heterocycles. The molecule has 2 saturated heterocycles. The van der Waals surface area contributed by atoms with E-state index in [4.69, 9.17) is 24.7 Å². The van der Waals surface area contributed by atoms with E-state index in [1.807, 2.05) is 24.3 Å². The van der Waals surface area contributed by atoms with E-state index < -0.39 is 153 Å². The average Bonchev–Trinajstić information content (AvgIpc) is 3.23. The molecular formula is C47H77NO18. The maximum Gasteiger partial charge on any atom is 0.311 e. The summed E-state index contributed by atoms with van der Waals surface area (Å²) in [4.78, 5) is 25.1. The molecule has 20 atom stereocenters. The van der Waals surface area contributed by atoms with Crippen LogP contribution in [0, 0.1) is 17.8 Å². The van der Waals surface area contributed by atoms with Crippen molar-refractivity contribution in [1.29, 1.82) is 0 Å². The first kappa shape index (κ1) is 57.4. The molecular weight excluding hydrogens is 867 g/mol. The van der Waals surface area contributed by atoms with Crippen LogP contribution in [0.3, 0.4) is 0 Å². The summed E-state index contributed by atoms with van der Waals surface area (Å²) in [6, 6.07) is -1.15. The second-order valence-corrected chi connectivity index (χ2v) is 18.3. The summed E-state index contributed by atoms with van der Waals surface area (Å²) in [6.45, 7) is 6.51. The Bertz CT molecular complexity index is 1610. The Morgan fingerprint density at radius 2 is 1.30 bits per heavy atom. The number of esters is 1. The fraction of sp³-hybridized carbons (Fsp3) is 0.745. The highest BCUT2D eigenvalue weighted by molar-refractivity contribution is 5.71. The number of carboxylic acids is 1. The van der Waals surface area contributed by atoms with Crippen LogP contribution in [-0.4, -0.2) is 177 Å². The summed E-state index contributed by atoms with van der Waals surface area (Å²) in [5.74, 6) is -7.31. The van der Waals surface area contributed by atoms with E-state index in [0.717, 1.165) is 0 Å². The zero-order chi connectivity index (χ0) is 49.3. The lowest BCUT2D eigenvalue weighted by Crippen LogP contribution is -2.61. The molecule has 0 spiro atoms. The normalized spacial score (nSPS) is 45.6. The van der Waals surface area contributed by atoms with E-state index in [9.17, 15) is 70.9 Å². The number of carbonyl (C=O) groups is 2. The average molecular weight is 944 g/mol. The van der Waals surface area contributed by atoms with Gasteiger partial charge in [0.25, 0.3) is 0 Å². The van der Waals surface area contributed by atoms with Crippen LogP contribution in [0.2, 0.25) is 0 Å². The second-order valence-electron chi connectivity index (χ2n) is 18.3. The molecule has 3 heterocycles. The van der Waals surface area contributed by atoms with E-state index in [1.54, 1.807) is 51.2 Å². The maximum atomic E-state index is 12.6. The van der Waals surface area contributed by atoms with Gasteiger partial charge in [0.2, 0.25) is 0 Å². The van der Waals surface area contributed by atoms with Gasteiger partial charge in [0, 0.05) is 31.1 Å². The third kappa shape index (κ3) is 18.5. The number of ether oxygens (including phenoxy) is 4. The highest BCUT2D eigenvalue weighted by Gasteiger charge is 2.51. The van der Waals surface area contributed by atoms with Crippen molar-refractivity contribution in [1.82, 2.24) is 0 Å². The number of aliphatic hydroxyl groups is 11. The Balaban J connectivity index is 1.84. The van der Waals surface area contributed by atoms with Crippen molar-refractivity contribution in [3.8, 4) is 0 Å². The van der Waals surface area contributed by atoms with Crippen LogP contribution in [-0.2, 0) is 28.5 Å². The Hall–Kier alpha value is -2.96. The number of cyclic esters (lactones) is 1. The van der Waals surface area contributed by atoms with Crippen molar-refractivity contribution >= 4 is 11.9 Å². The van der Waals surface area contributed by atoms with E-state index in [1.165, 1.54) is 13.0 Å². The number of fused-ring (bicyclic) bond motifs is 2. The van der Waals surface area contributed by atoms with Crippen LogP contribution in [0.1, 0.15) is 98.3 Å². The molecule has 2 bridgehead atoms. The van der Waals surface area contributed by atoms with E-state index >= 15 is 0 Å². The number of carboxylic acid groups (broad SMARTS) is 1. The van der Waals surface area contributed by atoms with Gasteiger partial charge in [-0.25, -0.2) is 0 Å². The standard InChI is InChI=1S/C47H77NO18/c1-26-28(3)63-39(56)22-32(51)21-31(50)20-30(49)18-19-35(53)36(54)24-47(62)25-37(55)40(45(60)61)38(66-47)23-33(65-46-44(59)41(48)43(58)29(4)64-46)16-14-12-10-8-6-5-7-9-11-13-15-17-34(52)27(2)42(26)57/h5-8,10,12-16,26-38,40-44,46,49-55,57-59,62H,9,11,17-25,48H2,1-4H3,(H,60,61)/b7-5+,8-6+,12-10+,15-13+,16-14+/t26-,27-,28-,29-,30+,31-,32+,33+,34?,35+,36-,37+,38+,40-,41+,42-,43-,44+,46+,47-/m1/s1. The van der Waals surface area contributed by atoms with Crippen LogP contribution in [0.15, 0.2) is 60.8 Å².